The number of phenols is 1. The first-order valence-electron chi connectivity index (χ1n) is 5.96. The van der Waals surface area contributed by atoms with Crippen molar-refractivity contribution in [1.82, 2.24) is 0 Å². The van der Waals surface area contributed by atoms with E-state index in [1.165, 1.54) is 0 Å². The SMILES string of the molecule is CCC[C@H](N)C(=O)N(CC)c1cccc(O)c1. The standard InChI is InChI=1S/C13H20N2O2/c1-3-6-12(14)13(17)15(4-2)10-7-5-8-11(16)9-10/h5,7-9,12,16H,3-4,6,14H2,1-2H3/t12-/m0/s1. The third kappa shape index (κ3) is 3.46. The summed E-state index contributed by atoms with van der Waals surface area (Å²) in [5.41, 5.74) is 6.51. The molecule has 1 aromatic rings. The summed E-state index contributed by atoms with van der Waals surface area (Å²) < 4.78 is 0. The molecule has 0 aliphatic heterocycles. The molecule has 0 spiro atoms. The number of nitrogens with two attached hydrogens (primary N) is 1. The molecule has 0 fully saturated rings. The van der Waals surface area contributed by atoms with Crippen molar-refractivity contribution in [3.05, 3.63) is 24.3 Å². The number of hydrogen-bond acceptors (Lipinski definition) is 3. The lowest BCUT2D eigenvalue weighted by Crippen LogP contribution is -2.43. The number of phenolic OH excluding ortho intramolecular Hbond substituents is 1. The van der Waals surface area contributed by atoms with Gasteiger partial charge >= 0.3 is 0 Å². The average molecular weight is 236 g/mol. The van der Waals surface area contributed by atoms with Crippen LogP contribution in [-0.4, -0.2) is 23.6 Å². The molecular weight excluding hydrogens is 216 g/mol. The summed E-state index contributed by atoms with van der Waals surface area (Å²) in [5, 5.41) is 9.41. The quantitative estimate of drug-likeness (QED) is 0.820. The number of hydrogen-bond donors (Lipinski definition) is 2. The highest BCUT2D eigenvalue weighted by Crippen LogP contribution is 2.20. The third-order valence-corrected chi connectivity index (χ3v) is 2.64. The number of carbonyl (C=O) groups excluding carboxylic acids is 1. The Bertz CT molecular complexity index is 379. The fraction of sp³-hybridized carbons (Fsp3) is 0.462. The van der Waals surface area contributed by atoms with Gasteiger partial charge in [-0.25, -0.2) is 0 Å². The average Bonchev–Trinajstić information content (AvgIpc) is 2.30. The Hall–Kier alpha value is -1.55. The lowest BCUT2D eigenvalue weighted by molar-refractivity contribution is -0.119. The van der Waals surface area contributed by atoms with Gasteiger partial charge in [0.05, 0.1) is 6.04 Å². The van der Waals surface area contributed by atoms with Gasteiger partial charge in [0.25, 0.3) is 0 Å². The molecule has 4 nitrogen and oxygen atoms in total. The highest BCUT2D eigenvalue weighted by atomic mass is 16.3. The fourth-order valence-corrected chi connectivity index (χ4v) is 1.76. The molecule has 0 saturated carbocycles. The topological polar surface area (TPSA) is 66.6 Å². The van der Waals surface area contributed by atoms with Crippen molar-refractivity contribution in [1.29, 1.82) is 0 Å². The van der Waals surface area contributed by atoms with Gasteiger partial charge in [-0.3, -0.25) is 4.79 Å². The summed E-state index contributed by atoms with van der Waals surface area (Å²) in [6.45, 7) is 4.43. The Morgan fingerprint density at radius 3 is 2.71 bits per heavy atom. The number of likely N-dealkylation sites (N-methyl/N-ethyl adjacent to an activating group) is 1. The van der Waals surface area contributed by atoms with E-state index in [-0.39, 0.29) is 11.7 Å². The third-order valence-electron chi connectivity index (χ3n) is 2.64. The van der Waals surface area contributed by atoms with E-state index in [0.717, 1.165) is 6.42 Å². The molecule has 0 aliphatic rings. The van der Waals surface area contributed by atoms with Crippen molar-refractivity contribution >= 4 is 11.6 Å². The molecule has 3 N–H and O–H groups in total. The fourth-order valence-electron chi connectivity index (χ4n) is 1.76. The summed E-state index contributed by atoms with van der Waals surface area (Å²) in [7, 11) is 0. The van der Waals surface area contributed by atoms with Crippen LogP contribution in [0.25, 0.3) is 0 Å². The van der Waals surface area contributed by atoms with Gasteiger partial charge < -0.3 is 15.7 Å². The highest BCUT2D eigenvalue weighted by molar-refractivity contribution is 5.97. The summed E-state index contributed by atoms with van der Waals surface area (Å²) in [5.74, 6) is 0.0535. The van der Waals surface area contributed by atoms with E-state index in [2.05, 4.69) is 0 Å². The van der Waals surface area contributed by atoms with Crippen LogP contribution >= 0.6 is 0 Å². The predicted molar refractivity (Wildman–Crippen MR) is 69.0 cm³/mol. The summed E-state index contributed by atoms with van der Waals surface area (Å²) >= 11 is 0. The number of rotatable bonds is 5. The Balaban J connectivity index is 2.88. The van der Waals surface area contributed by atoms with Crippen molar-refractivity contribution in [3.63, 3.8) is 0 Å². The van der Waals surface area contributed by atoms with Crippen molar-refractivity contribution in [2.24, 2.45) is 5.73 Å². The molecule has 0 heterocycles. The molecule has 1 rings (SSSR count). The molecule has 0 aromatic heterocycles. The van der Waals surface area contributed by atoms with Gasteiger partial charge in [-0.15, -0.1) is 0 Å². The van der Waals surface area contributed by atoms with Crippen LogP contribution < -0.4 is 10.6 Å². The molecule has 17 heavy (non-hydrogen) atoms. The predicted octanol–water partition coefficient (Wildman–Crippen LogP) is 1.87. The van der Waals surface area contributed by atoms with E-state index >= 15 is 0 Å². The second-order valence-corrected chi connectivity index (χ2v) is 4.00. The van der Waals surface area contributed by atoms with Crippen LogP contribution in [0, 0.1) is 0 Å². The lowest BCUT2D eigenvalue weighted by Gasteiger charge is -2.24. The number of carbonyl (C=O) groups is 1. The maximum Gasteiger partial charge on any atom is 0.243 e. The number of aromatic hydroxyl groups is 1. The maximum absolute atomic E-state index is 12.1. The molecule has 0 aliphatic carbocycles. The van der Waals surface area contributed by atoms with E-state index in [1.54, 1.807) is 29.2 Å². The van der Waals surface area contributed by atoms with E-state index in [4.69, 9.17) is 5.73 Å². The van der Waals surface area contributed by atoms with Gasteiger partial charge in [0.15, 0.2) is 0 Å². The number of anilines is 1. The van der Waals surface area contributed by atoms with Crippen LogP contribution in [0.15, 0.2) is 24.3 Å². The van der Waals surface area contributed by atoms with Crippen molar-refractivity contribution < 1.29 is 9.90 Å². The van der Waals surface area contributed by atoms with Gasteiger partial charge in [0.2, 0.25) is 5.91 Å². The van der Waals surface area contributed by atoms with Gasteiger partial charge in [-0.2, -0.15) is 0 Å². The monoisotopic (exact) mass is 236 g/mol. The largest absolute Gasteiger partial charge is 0.508 e. The van der Waals surface area contributed by atoms with Crippen molar-refractivity contribution in [2.45, 2.75) is 32.7 Å². The van der Waals surface area contributed by atoms with Gasteiger partial charge in [-0.1, -0.05) is 19.4 Å². The minimum absolute atomic E-state index is 0.0973. The van der Waals surface area contributed by atoms with Crippen molar-refractivity contribution in [2.75, 3.05) is 11.4 Å². The molecule has 0 saturated heterocycles. The van der Waals surface area contributed by atoms with Crippen LogP contribution in [0.3, 0.4) is 0 Å². The van der Waals surface area contributed by atoms with Crippen LogP contribution in [-0.2, 0) is 4.79 Å². The second-order valence-electron chi connectivity index (χ2n) is 4.00. The van der Waals surface area contributed by atoms with E-state index in [0.29, 0.717) is 18.7 Å². The highest BCUT2D eigenvalue weighted by Gasteiger charge is 2.20. The van der Waals surface area contributed by atoms with Gasteiger partial charge in [0, 0.05) is 18.3 Å². The Kier molecular flexibility index (Phi) is 4.97. The van der Waals surface area contributed by atoms with Crippen LogP contribution in [0.4, 0.5) is 5.69 Å². The number of benzene rings is 1. The molecule has 0 unspecified atom stereocenters. The van der Waals surface area contributed by atoms with E-state index < -0.39 is 6.04 Å². The van der Waals surface area contributed by atoms with Gasteiger partial charge in [-0.05, 0) is 25.5 Å². The Morgan fingerprint density at radius 2 is 2.18 bits per heavy atom. The molecule has 4 heteroatoms. The molecule has 0 bridgehead atoms. The number of amides is 1. The molecule has 0 radical (unpaired) electrons. The Morgan fingerprint density at radius 1 is 1.47 bits per heavy atom. The zero-order valence-corrected chi connectivity index (χ0v) is 10.4. The summed E-state index contributed by atoms with van der Waals surface area (Å²) in [6, 6.07) is 6.18. The molecule has 1 aromatic carbocycles. The first-order chi connectivity index (χ1) is 8.10. The molecule has 94 valence electrons. The molecular formula is C13H20N2O2. The normalized spacial score (nSPS) is 12.2. The van der Waals surface area contributed by atoms with Crippen LogP contribution in [0.5, 0.6) is 5.75 Å². The Labute approximate surface area is 102 Å². The number of nitrogens with zero attached hydrogens (tertiary/aromatic N) is 1. The van der Waals surface area contributed by atoms with Crippen LogP contribution in [0.1, 0.15) is 26.7 Å². The van der Waals surface area contributed by atoms with Crippen LogP contribution in [0.2, 0.25) is 0 Å². The lowest BCUT2D eigenvalue weighted by atomic mass is 10.1. The zero-order chi connectivity index (χ0) is 12.8. The van der Waals surface area contributed by atoms with E-state index in [1.807, 2.05) is 13.8 Å². The van der Waals surface area contributed by atoms with Gasteiger partial charge in [0.1, 0.15) is 5.75 Å². The minimum Gasteiger partial charge on any atom is -0.508 e. The summed E-state index contributed by atoms with van der Waals surface area (Å²) in [4.78, 5) is 13.7. The first kappa shape index (κ1) is 13.5. The second kappa shape index (κ2) is 6.25. The summed E-state index contributed by atoms with van der Waals surface area (Å²) in [6.07, 6.45) is 1.55. The first-order valence-corrected chi connectivity index (χ1v) is 5.96. The molecule has 1 atom stereocenters. The maximum atomic E-state index is 12.1. The smallest absolute Gasteiger partial charge is 0.243 e. The molecule has 1 amide bonds. The minimum atomic E-state index is -0.470. The van der Waals surface area contributed by atoms with Crippen molar-refractivity contribution in [3.8, 4) is 5.75 Å². The zero-order valence-electron chi connectivity index (χ0n) is 10.4. The van der Waals surface area contributed by atoms with E-state index in [9.17, 15) is 9.90 Å².